The van der Waals surface area contributed by atoms with Gasteiger partial charge in [0.1, 0.15) is 11.3 Å². The minimum Gasteiger partial charge on any atom is -0.493 e. The highest BCUT2D eigenvalue weighted by molar-refractivity contribution is 5.91. The normalized spacial score (nSPS) is 14.2. The number of piperidine rings is 1. The second-order valence-corrected chi connectivity index (χ2v) is 9.21. The molecule has 2 N–H and O–H groups in total. The Hall–Kier alpha value is -3.80. The molecular weight excluding hydrogens is 452 g/mol. The summed E-state index contributed by atoms with van der Waals surface area (Å²) in [5, 5.41) is 12.7. The van der Waals surface area contributed by atoms with Crippen LogP contribution < -0.4 is 15.0 Å². The molecule has 0 aliphatic carbocycles. The molecule has 0 radical (unpaired) electrons. The number of aromatic carboxylic acids is 1. The van der Waals surface area contributed by atoms with Crippen molar-refractivity contribution in [2.75, 3.05) is 24.6 Å². The van der Waals surface area contributed by atoms with E-state index in [1.807, 2.05) is 30.3 Å². The molecule has 0 aromatic heterocycles. The van der Waals surface area contributed by atoms with Crippen LogP contribution in [0.25, 0.3) is 0 Å². The lowest BCUT2D eigenvalue weighted by atomic mass is 9.91. The summed E-state index contributed by atoms with van der Waals surface area (Å²) in [7, 11) is 0. The SMILES string of the molecule is CCOc1cc(CC(=O)NC(c2ccccc2)c2c(C)cccc2N2CCCCC2)ccc1C(=O)O. The molecule has 1 atom stereocenters. The number of hydrogen-bond donors (Lipinski definition) is 2. The minimum atomic E-state index is -1.05. The van der Waals surface area contributed by atoms with Crippen LogP contribution in [-0.4, -0.2) is 36.7 Å². The number of carboxylic acid groups (broad SMARTS) is 1. The average Bonchev–Trinajstić information content (AvgIpc) is 2.88. The average molecular weight is 487 g/mol. The summed E-state index contributed by atoms with van der Waals surface area (Å²) in [5.74, 6) is -0.910. The van der Waals surface area contributed by atoms with Gasteiger partial charge in [-0.25, -0.2) is 4.79 Å². The summed E-state index contributed by atoms with van der Waals surface area (Å²) in [6.07, 6.45) is 3.71. The lowest BCUT2D eigenvalue weighted by molar-refractivity contribution is -0.120. The molecule has 1 amide bonds. The van der Waals surface area contributed by atoms with Gasteiger partial charge in [-0.3, -0.25) is 4.79 Å². The molecule has 6 heteroatoms. The predicted molar refractivity (Wildman–Crippen MR) is 142 cm³/mol. The van der Waals surface area contributed by atoms with E-state index in [4.69, 9.17) is 4.74 Å². The van der Waals surface area contributed by atoms with E-state index >= 15 is 0 Å². The summed E-state index contributed by atoms with van der Waals surface area (Å²) < 4.78 is 5.52. The van der Waals surface area contributed by atoms with Crippen LogP contribution in [0.2, 0.25) is 0 Å². The van der Waals surface area contributed by atoms with Crippen molar-refractivity contribution in [3.8, 4) is 5.75 Å². The van der Waals surface area contributed by atoms with Gasteiger partial charge in [0.15, 0.2) is 0 Å². The molecule has 1 unspecified atom stereocenters. The molecule has 3 aromatic carbocycles. The van der Waals surface area contributed by atoms with E-state index in [2.05, 4.69) is 35.3 Å². The fourth-order valence-corrected chi connectivity index (χ4v) is 4.94. The number of anilines is 1. The monoisotopic (exact) mass is 486 g/mol. The Balaban J connectivity index is 1.65. The molecule has 0 spiro atoms. The Morgan fingerprint density at radius 2 is 1.75 bits per heavy atom. The number of nitrogens with one attached hydrogen (secondary N) is 1. The van der Waals surface area contributed by atoms with Crippen LogP contribution in [0.5, 0.6) is 5.75 Å². The predicted octanol–water partition coefficient (Wildman–Crippen LogP) is 5.53. The molecule has 188 valence electrons. The zero-order valence-electron chi connectivity index (χ0n) is 21.0. The first-order valence-electron chi connectivity index (χ1n) is 12.7. The molecule has 6 nitrogen and oxygen atoms in total. The lowest BCUT2D eigenvalue weighted by Gasteiger charge is -2.34. The molecule has 1 fully saturated rings. The van der Waals surface area contributed by atoms with E-state index in [0.717, 1.165) is 29.8 Å². The van der Waals surface area contributed by atoms with Gasteiger partial charge >= 0.3 is 5.97 Å². The van der Waals surface area contributed by atoms with Crippen molar-refractivity contribution in [1.29, 1.82) is 0 Å². The van der Waals surface area contributed by atoms with E-state index in [1.54, 1.807) is 19.1 Å². The largest absolute Gasteiger partial charge is 0.493 e. The van der Waals surface area contributed by atoms with E-state index in [-0.39, 0.29) is 29.7 Å². The zero-order chi connectivity index (χ0) is 25.5. The highest BCUT2D eigenvalue weighted by Gasteiger charge is 2.25. The molecule has 3 aromatic rings. The van der Waals surface area contributed by atoms with Gasteiger partial charge in [0.2, 0.25) is 5.91 Å². The fourth-order valence-electron chi connectivity index (χ4n) is 4.94. The quantitative estimate of drug-likeness (QED) is 0.416. The molecule has 0 saturated carbocycles. The highest BCUT2D eigenvalue weighted by Crippen LogP contribution is 2.35. The van der Waals surface area contributed by atoms with E-state index in [0.29, 0.717) is 12.2 Å². The maximum atomic E-state index is 13.4. The number of carbonyl (C=O) groups is 2. The molecule has 1 saturated heterocycles. The van der Waals surface area contributed by atoms with Gasteiger partial charge in [-0.15, -0.1) is 0 Å². The Labute approximate surface area is 212 Å². The molecule has 0 bridgehead atoms. The van der Waals surface area contributed by atoms with Crippen molar-refractivity contribution >= 4 is 17.6 Å². The van der Waals surface area contributed by atoms with Crippen molar-refractivity contribution in [2.24, 2.45) is 0 Å². The Kier molecular flexibility index (Phi) is 8.26. The third-order valence-corrected chi connectivity index (χ3v) is 6.67. The smallest absolute Gasteiger partial charge is 0.339 e. The summed E-state index contributed by atoms with van der Waals surface area (Å²) in [5.41, 5.74) is 5.25. The van der Waals surface area contributed by atoms with E-state index in [9.17, 15) is 14.7 Å². The second-order valence-electron chi connectivity index (χ2n) is 9.21. The number of aryl methyl sites for hydroxylation is 1. The van der Waals surface area contributed by atoms with Crippen LogP contribution in [0.15, 0.2) is 66.7 Å². The molecule has 4 rings (SSSR count). The van der Waals surface area contributed by atoms with Crippen LogP contribution in [0.4, 0.5) is 5.69 Å². The topological polar surface area (TPSA) is 78.9 Å². The molecule has 1 heterocycles. The Bertz CT molecular complexity index is 1200. The number of carboxylic acids is 1. The number of hydrogen-bond acceptors (Lipinski definition) is 4. The number of nitrogens with zero attached hydrogens (tertiary/aromatic N) is 1. The van der Waals surface area contributed by atoms with Crippen LogP contribution in [0.3, 0.4) is 0 Å². The number of ether oxygens (including phenoxy) is 1. The minimum absolute atomic E-state index is 0.0919. The van der Waals surface area contributed by atoms with Gasteiger partial charge in [0, 0.05) is 24.3 Å². The van der Waals surface area contributed by atoms with Gasteiger partial charge in [-0.05, 0) is 68.0 Å². The van der Waals surface area contributed by atoms with Gasteiger partial charge in [-0.2, -0.15) is 0 Å². The summed E-state index contributed by atoms with van der Waals surface area (Å²) in [4.78, 5) is 27.3. The van der Waals surface area contributed by atoms with Crippen molar-refractivity contribution in [3.05, 3.63) is 94.5 Å². The van der Waals surface area contributed by atoms with E-state index < -0.39 is 5.97 Å². The van der Waals surface area contributed by atoms with Gasteiger partial charge in [0.25, 0.3) is 0 Å². The lowest BCUT2D eigenvalue weighted by Crippen LogP contribution is -2.35. The van der Waals surface area contributed by atoms with Crippen molar-refractivity contribution in [2.45, 2.75) is 45.6 Å². The molecule has 36 heavy (non-hydrogen) atoms. The van der Waals surface area contributed by atoms with Crippen molar-refractivity contribution in [1.82, 2.24) is 5.32 Å². The van der Waals surface area contributed by atoms with Crippen LogP contribution >= 0.6 is 0 Å². The number of amides is 1. The van der Waals surface area contributed by atoms with Crippen LogP contribution in [0.1, 0.15) is 64.8 Å². The van der Waals surface area contributed by atoms with Gasteiger partial charge in [0.05, 0.1) is 19.1 Å². The van der Waals surface area contributed by atoms with Crippen molar-refractivity contribution < 1.29 is 19.4 Å². The molecular formula is C30H34N2O4. The number of carbonyl (C=O) groups excluding carboxylic acids is 1. The van der Waals surface area contributed by atoms with Crippen LogP contribution in [-0.2, 0) is 11.2 Å². The maximum absolute atomic E-state index is 13.4. The Morgan fingerprint density at radius 1 is 1.00 bits per heavy atom. The highest BCUT2D eigenvalue weighted by atomic mass is 16.5. The van der Waals surface area contributed by atoms with Crippen molar-refractivity contribution in [3.63, 3.8) is 0 Å². The van der Waals surface area contributed by atoms with E-state index in [1.165, 1.54) is 31.0 Å². The second kappa shape index (κ2) is 11.8. The third kappa shape index (κ3) is 5.88. The maximum Gasteiger partial charge on any atom is 0.339 e. The first-order valence-corrected chi connectivity index (χ1v) is 12.7. The standard InChI is InChI=1S/C30H34N2O4/c1-3-36-26-19-22(15-16-24(26)30(34)35)20-27(33)31-29(23-12-6-4-7-13-23)28-21(2)11-10-14-25(28)32-17-8-5-9-18-32/h4,6-7,10-16,19,29H,3,5,8-9,17-18,20H2,1-2H3,(H,31,33)(H,34,35). The summed E-state index contributed by atoms with van der Waals surface area (Å²) >= 11 is 0. The fraction of sp³-hybridized carbons (Fsp3) is 0.333. The summed E-state index contributed by atoms with van der Waals surface area (Å²) in [6.45, 7) is 6.28. The summed E-state index contributed by atoms with van der Waals surface area (Å²) in [6, 6.07) is 20.9. The van der Waals surface area contributed by atoms with Crippen LogP contribution in [0, 0.1) is 6.92 Å². The van der Waals surface area contributed by atoms with Gasteiger partial charge in [-0.1, -0.05) is 48.5 Å². The molecule has 1 aliphatic rings. The van der Waals surface area contributed by atoms with Gasteiger partial charge < -0.3 is 20.1 Å². The Morgan fingerprint density at radius 3 is 2.44 bits per heavy atom. The first-order chi connectivity index (χ1) is 17.5. The zero-order valence-corrected chi connectivity index (χ0v) is 21.0. The molecule has 1 aliphatic heterocycles. The number of rotatable bonds is 9. The number of benzene rings is 3. The first kappa shape index (κ1) is 25.3. The third-order valence-electron chi connectivity index (χ3n) is 6.67.